The second kappa shape index (κ2) is 6.36. The Hall–Kier alpha value is -2.21. The lowest BCUT2D eigenvalue weighted by atomic mass is 9.79. The summed E-state index contributed by atoms with van der Waals surface area (Å²) in [6.45, 7) is 5.27. The summed E-state index contributed by atoms with van der Waals surface area (Å²) < 4.78 is 11.9. The van der Waals surface area contributed by atoms with Crippen molar-refractivity contribution in [3.63, 3.8) is 0 Å². The quantitative estimate of drug-likeness (QED) is 0.840. The summed E-state index contributed by atoms with van der Waals surface area (Å²) in [5, 5.41) is 8.41. The van der Waals surface area contributed by atoms with Crippen LogP contribution in [0.1, 0.15) is 18.5 Å². The molecule has 2 saturated heterocycles. The molecular weight excluding hydrogens is 304 g/mol. The third-order valence-electron chi connectivity index (χ3n) is 4.99. The van der Waals surface area contributed by atoms with Gasteiger partial charge in [0.2, 0.25) is 0 Å². The Bertz CT molecular complexity index is 671. The zero-order valence-corrected chi connectivity index (χ0v) is 13.9. The summed E-state index contributed by atoms with van der Waals surface area (Å²) in [5.74, 6) is 2.30. The Morgan fingerprint density at radius 2 is 2.21 bits per heavy atom. The molecule has 2 aliphatic heterocycles. The third kappa shape index (κ3) is 2.94. The molecule has 6 nitrogen and oxygen atoms in total. The van der Waals surface area contributed by atoms with Crippen LogP contribution < -0.4 is 9.64 Å². The normalized spacial score (nSPS) is 21.7. The Labute approximate surface area is 141 Å². The Morgan fingerprint density at radius 1 is 1.29 bits per heavy atom. The Morgan fingerprint density at radius 3 is 2.96 bits per heavy atom. The fourth-order valence-corrected chi connectivity index (χ4v) is 3.62. The van der Waals surface area contributed by atoms with Gasteiger partial charge in [-0.05, 0) is 49.9 Å². The van der Waals surface area contributed by atoms with Gasteiger partial charge in [0.05, 0.1) is 31.6 Å². The van der Waals surface area contributed by atoms with Crippen LogP contribution in [-0.2, 0) is 4.74 Å². The van der Waals surface area contributed by atoms with Gasteiger partial charge in [0.15, 0.2) is 5.82 Å². The van der Waals surface area contributed by atoms with Crippen molar-refractivity contribution in [2.75, 3.05) is 31.2 Å². The lowest BCUT2D eigenvalue weighted by Gasteiger charge is -2.50. The van der Waals surface area contributed by atoms with Crippen LogP contribution in [0.3, 0.4) is 0 Å². The van der Waals surface area contributed by atoms with Gasteiger partial charge < -0.3 is 14.4 Å². The molecule has 4 rings (SSSR count). The smallest absolute Gasteiger partial charge is 0.151 e. The molecule has 4 heterocycles. The van der Waals surface area contributed by atoms with Gasteiger partial charge in [-0.15, -0.1) is 5.10 Å². The third-order valence-corrected chi connectivity index (χ3v) is 4.99. The standard InChI is InChI=1S/C18H22N4O2/c1-14-4-5-17(21-20-14)22-12-18(13-22)15(7-10-24-18)6-9-23-16-3-2-8-19-11-16/h2-5,8,11,15H,6-7,9-10,12-13H2,1H3. The Balaban J connectivity index is 1.32. The van der Waals surface area contributed by atoms with Crippen LogP contribution in [0.25, 0.3) is 0 Å². The zero-order chi connectivity index (χ0) is 16.4. The first kappa shape index (κ1) is 15.3. The van der Waals surface area contributed by atoms with Crippen molar-refractivity contribution >= 4 is 5.82 Å². The van der Waals surface area contributed by atoms with Crippen LogP contribution in [0.15, 0.2) is 36.7 Å². The minimum absolute atomic E-state index is 0.0368. The number of aryl methyl sites for hydroxylation is 1. The van der Waals surface area contributed by atoms with Gasteiger partial charge in [-0.2, -0.15) is 5.10 Å². The number of rotatable bonds is 5. The van der Waals surface area contributed by atoms with Gasteiger partial charge in [0, 0.05) is 12.8 Å². The molecule has 0 aromatic carbocycles. The molecule has 24 heavy (non-hydrogen) atoms. The summed E-state index contributed by atoms with van der Waals surface area (Å²) in [7, 11) is 0. The molecule has 0 bridgehead atoms. The van der Waals surface area contributed by atoms with Crippen molar-refractivity contribution < 1.29 is 9.47 Å². The van der Waals surface area contributed by atoms with E-state index in [1.807, 2.05) is 31.2 Å². The van der Waals surface area contributed by atoms with Crippen LogP contribution >= 0.6 is 0 Å². The summed E-state index contributed by atoms with van der Waals surface area (Å²) in [4.78, 5) is 6.31. The molecule has 2 aromatic rings. The number of pyridine rings is 1. The fourth-order valence-electron chi connectivity index (χ4n) is 3.62. The number of anilines is 1. The first-order chi connectivity index (χ1) is 11.8. The molecule has 0 saturated carbocycles. The van der Waals surface area contributed by atoms with Crippen molar-refractivity contribution in [3.05, 3.63) is 42.4 Å². The molecule has 2 aromatic heterocycles. The predicted octanol–water partition coefficient (Wildman–Crippen LogP) is 2.24. The lowest BCUT2D eigenvalue weighted by molar-refractivity contribution is -0.0478. The molecule has 0 aliphatic carbocycles. The topological polar surface area (TPSA) is 60.4 Å². The Kier molecular flexibility index (Phi) is 4.06. The van der Waals surface area contributed by atoms with E-state index in [0.717, 1.165) is 49.8 Å². The highest BCUT2D eigenvalue weighted by molar-refractivity contribution is 5.43. The lowest BCUT2D eigenvalue weighted by Crippen LogP contribution is -2.65. The van der Waals surface area contributed by atoms with Crippen molar-refractivity contribution in [1.29, 1.82) is 0 Å². The molecule has 1 spiro atoms. The van der Waals surface area contributed by atoms with Crippen molar-refractivity contribution in [2.24, 2.45) is 5.92 Å². The first-order valence-corrected chi connectivity index (χ1v) is 8.47. The van der Waals surface area contributed by atoms with Gasteiger partial charge >= 0.3 is 0 Å². The van der Waals surface area contributed by atoms with Crippen LogP contribution in [0.4, 0.5) is 5.82 Å². The summed E-state index contributed by atoms with van der Waals surface area (Å²) in [5.41, 5.74) is 0.904. The van der Waals surface area contributed by atoms with Gasteiger partial charge in [-0.1, -0.05) is 0 Å². The molecule has 1 atom stereocenters. The van der Waals surface area contributed by atoms with Crippen molar-refractivity contribution in [1.82, 2.24) is 15.2 Å². The maximum atomic E-state index is 6.11. The fraction of sp³-hybridized carbons (Fsp3) is 0.500. The van der Waals surface area contributed by atoms with Crippen molar-refractivity contribution in [3.8, 4) is 5.75 Å². The summed E-state index contributed by atoms with van der Waals surface area (Å²) >= 11 is 0. The van der Waals surface area contributed by atoms with E-state index in [1.165, 1.54) is 0 Å². The molecule has 0 radical (unpaired) electrons. The van der Waals surface area contributed by atoms with E-state index in [-0.39, 0.29) is 5.60 Å². The van der Waals surface area contributed by atoms with E-state index in [2.05, 4.69) is 20.1 Å². The van der Waals surface area contributed by atoms with E-state index in [4.69, 9.17) is 9.47 Å². The largest absolute Gasteiger partial charge is 0.492 e. The van der Waals surface area contributed by atoms with E-state index in [9.17, 15) is 0 Å². The second-order valence-electron chi connectivity index (χ2n) is 6.61. The minimum atomic E-state index is -0.0368. The zero-order valence-electron chi connectivity index (χ0n) is 13.9. The van der Waals surface area contributed by atoms with E-state index in [1.54, 1.807) is 12.4 Å². The average molecular weight is 326 g/mol. The minimum Gasteiger partial charge on any atom is -0.492 e. The number of ether oxygens (including phenoxy) is 2. The molecule has 126 valence electrons. The molecule has 2 aliphatic rings. The average Bonchev–Trinajstić information content (AvgIpc) is 2.99. The molecule has 0 N–H and O–H groups in total. The molecular formula is C18H22N4O2. The highest BCUT2D eigenvalue weighted by Gasteiger charge is 2.53. The van der Waals surface area contributed by atoms with Gasteiger partial charge in [0.25, 0.3) is 0 Å². The highest BCUT2D eigenvalue weighted by atomic mass is 16.5. The molecule has 0 amide bonds. The molecule has 1 unspecified atom stereocenters. The second-order valence-corrected chi connectivity index (χ2v) is 6.61. The highest BCUT2D eigenvalue weighted by Crippen LogP contribution is 2.42. The number of nitrogens with zero attached hydrogens (tertiary/aromatic N) is 4. The molecule has 6 heteroatoms. The molecule has 2 fully saturated rings. The van der Waals surface area contributed by atoms with Gasteiger partial charge in [0.1, 0.15) is 11.4 Å². The first-order valence-electron chi connectivity index (χ1n) is 8.47. The van der Waals surface area contributed by atoms with Gasteiger partial charge in [-0.25, -0.2) is 0 Å². The number of aromatic nitrogens is 3. The maximum Gasteiger partial charge on any atom is 0.151 e. The number of hydrogen-bond donors (Lipinski definition) is 0. The van der Waals surface area contributed by atoms with Crippen molar-refractivity contribution in [2.45, 2.75) is 25.4 Å². The van der Waals surface area contributed by atoms with Crippen LogP contribution in [0, 0.1) is 12.8 Å². The van der Waals surface area contributed by atoms with Crippen LogP contribution in [0.2, 0.25) is 0 Å². The predicted molar refractivity (Wildman–Crippen MR) is 90.1 cm³/mol. The van der Waals surface area contributed by atoms with E-state index >= 15 is 0 Å². The monoisotopic (exact) mass is 326 g/mol. The van der Waals surface area contributed by atoms with Crippen LogP contribution in [-0.4, -0.2) is 47.1 Å². The maximum absolute atomic E-state index is 6.11. The number of hydrogen-bond acceptors (Lipinski definition) is 6. The summed E-state index contributed by atoms with van der Waals surface area (Å²) in [6, 6.07) is 7.86. The van der Waals surface area contributed by atoms with Crippen LogP contribution in [0.5, 0.6) is 5.75 Å². The SMILES string of the molecule is Cc1ccc(N2CC3(C2)OCCC3CCOc2cccnc2)nn1. The van der Waals surface area contributed by atoms with E-state index in [0.29, 0.717) is 12.5 Å². The summed E-state index contributed by atoms with van der Waals surface area (Å²) in [6.07, 6.45) is 5.61. The van der Waals surface area contributed by atoms with E-state index < -0.39 is 0 Å². The van der Waals surface area contributed by atoms with Gasteiger partial charge in [-0.3, -0.25) is 4.98 Å².